The Morgan fingerprint density at radius 3 is 2.43 bits per heavy atom. The summed E-state index contributed by atoms with van der Waals surface area (Å²) in [6.07, 6.45) is -0.800. The summed E-state index contributed by atoms with van der Waals surface area (Å²) in [7, 11) is 2.99. The second-order valence-electron chi connectivity index (χ2n) is 11.4. The van der Waals surface area contributed by atoms with Crippen molar-refractivity contribution >= 4 is 23.2 Å². The Labute approximate surface area is 214 Å². The fraction of sp³-hybridized carbons (Fsp3) is 0.519. The number of amides is 1. The van der Waals surface area contributed by atoms with Crippen molar-refractivity contribution in [2.75, 3.05) is 20.7 Å². The lowest BCUT2D eigenvalue weighted by atomic mass is 9.54. The van der Waals surface area contributed by atoms with Crippen molar-refractivity contribution in [2.45, 2.75) is 56.3 Å². The standard InChI is InChI=1S/C27H32N2O8/c1-10-11-6-7-12-22(37-9-8-26(12,2)3)14(11)19(30)15-13(10)20(31)17-18(29(4)5)21(32)16(25(28)35)24(34)27(17,36)23(15)33/h6-7,10,13,17-18,20,30-31,34,36H,8-9H2,1-5H3,(H2,28,35)/t10-,13+,17+,18+,20-,27+/m1/s1. The Kier molecular flexibility index (Phi) is 5.43. The second kappa shape index (κ2) is 7.89. The van der Waals surface area contributed by atoms with Crippen molar-refractivity contribution in [3.05, 3.63) is 45.7 Å². The first kappa shape index (κ1) is 25.4. The van der Waals surface area contributed by atoms with E-state index in [2.05, 4.69) is 13.8 Å². The molecule has 0 unspecified atom stereocenters. The van der Waals surface area contributed by atoms with Crippen molar-refractivity contribution in [2.24, 2.45) is 17.6 Å². The van der Waals surface area contributed by atoms with Crippen LogP contribution in [0.3, 0.4) is 0 Å². The predicted molar refractivity (Wildman–Crippen MR) is 132 cm³/mol. The van der Waals surface area contributed by atoms with E-state index < -0.39 is 70.1 Å². The number of hydrogen-bond acceptors (Lipinski definition) is 9. The predicted octanol–water partition coefficient (Wildman–Crippen LogP) is 0.850. The quantitative estimate of drug-likeness (QED) is 0.360. The van der Waals surface area contributed by atoms with Gasteiger partial charge in [-0.1, -0.05) is 32.9 Å². The largest absolute Gasteiger partial charge is 0.508 e. The molecule has 1 amide bonds. The van der Waals surface area contributed by atoms with Crippen molar-refractivity contribution in [1.29, 1.82) is 0 Å². The van der Waals surface area contributed by atoms with E-state index in [9.17, 15) is 34.8 Å². The number of carbonyl (C=O) groups excluding carboxylic acids is 3. The lowest BCUT2D eigenvalue weighted by molar-refractivity contribution is -0.169. The number of Topliss-reactive ketones (excluding diaryl/α,β-unsaturated/α-hetero) is 2. The third-order valence-corrected chi connectivity index (χ3v) is 8.81. The normalized spacial score (nSPS) is 34.4. The van der Waals surface area contributed by atoms with Gasteiger partial charge in [0.15, 0.2) is 11.4 Å². The number of rotatable bonds is 2. The van der Waals surface area contributed by atoms with E-state index in [0.717, 1.165) is 12.0 Å². The number of fused-ring (bicyclic) bond motifs is 5. The second-order valence-corrected chi connectivity index (χ2v) is 11.4. The number of hydrogen-bond donors (Lipinski definition) is 5. The third-order valence-electron chi connectivity index (χ3n) is 8.81. The molecule has 0 radical (unpaired) electrons. The van der Waals surface area contributed by atoms with Crippen molar-refractivity contribution in [3.63, 3.8) is 0 Å². The molecule has 0 saturated heterocycles. The first-order chi connectivity index (χ1) is 17.2. The third kappa shape index (κ3) is 3.06. The number of aliphatic hydroxyl groups is 4. The van der Waals surface area contributed by atoms with Gasteiger partial charge in [0.1, 0.15) is 22.8 Å². The van der Waals surface area contributed by atoms with Gasteiger partial charge in [-0.2, -0.15) is 0 Å². The first-order valence-electron chi connectivity index (χ1n) is 12.3. The summed E-state index contributed by atoms with van der Waals surface area (Å²) in [5.41, 5.74) is 2.87. The molecule has 0 spiro atoms. The summed E-state index contributed by atoms with van der Waals surface area (Å²) < 4.78 is 5.98. The number of primary amides is 1. The summed E-state index contributed by atoms with van der Waals surface area (Å²) in [5, 5.41) is 46.0. The molecule has 1 saturated carbocycles. The fourth-order valence-electron chi connectivity index (χ4n) is 6.83. The number of benzene rings is 1. The van der Waals surface area contributed by atoms with Gasteiger partial charge >= 0.3 is 0 Å². The molecule has 6 N–H and O–H groups in total. The number of nitrogens with two attached hydrogens (primary N) is 1. The highest BCUT2D eigenvalue weighted by atomic mass is 16.5. The van der Waals surface area contributed by atoms with Crippen molar-refractivity contribution in [3.8, 4) is 5.75 Å². The molecule has 1 aromatic carbocycles. The summed E-state index contributed by atoms with van der Waals surface area (Å²) in [6, 6.07) is 2.43. The molecule has 1 heterocycles. The molecule has 10 nitrogen and oxygen atoms in total. The van der Waals surface area contributed by atoms with E-state index in [1.807, 2.05) is 12.1 Å². The number of carbonyl (C=O) groups is 3. The monoisotopic (exact) mass is 512 g/mol. The molecule has 10 heteroatoms. The van der Waals surface area contributed by atoms with Crippen LogP contribution < -0.4 is 10.5 Å². The highest BCUT2D eigenvalue weighted by Gasteiger charge is 2.68. The smallest absolute Gasteiger partial charge is 0.255 e. The number of ketones is 2. The minimum Gasteiger partial charge on any atom is -0.508 e. The first-order valence-corrected chi connectivity index (χ1v) is 12.3. The Balaban J connectivity index is 1.81. The van der Waals surface area contributed by atoms with Crippen LogP contribution in [0.15, 0.2) is 29.0 Å². The molecular weight excluding hydrogens is 480 g/mol. The average Bonchev–Trinajstić information content (AvgIpc) is 2.80. The van der Waals surface area contributed by atoms with Crippen molar-refractivity contribution in [1.82, 2.24) is 4.90 Å². The molecule has 5 rings (SSSR count). The highest BCUT2D eigenvalue weighted by molar-refractivity contribution is 6.24. The Morgan fingerprint density at radius 1 is 1.19 bits per heavy atom. The lowest BCUT2D eigenvalue weighted by Gasteiger charge is -2.54. The van der Waals surface area contributed by atoms with Crippen LogP contribution in [-0.2, 0) is 19.8 Å². The summed E-state index contributed by atoms with van der Waals surface area (Å²) in [6.45, 7) is 6.30. The number of likely N-dealkylation sites (N-methyl/N-ethyl adjacent to an activating group) is 1. The maximum atomic E-state index is 14.1. The van der Waals surface area contributed by atoms with E-state index >= 15 is 0 Å². The molecule has 0 bridgehead atoms. The van der Waals surface area contributed by atoms with E-state index in [1.165, 1.54) is 19.0 Å². The van der Waals surface area contributed by atoms with E-state index in [0.29, 0.717) is 23.5 Å². The maximum Gasteiger partial charge on any atom is 0.255 e. The zero-order valence-corrected chi connectivity index (χ0v) is 21.4. The van der Waals surface area contributed by atoms with Crippen LogP contribution in [0.4, 0.5) is 0 Å². The molecule has 198 valence electrons. The molecule has 1 aliphatic heterocycles. The molecule has 37 heavy (non-hydrogen) atoms. The number of ether oxygens (including phenoxy) is 1. The van der Waals surface area contributed by atoms with Gasteiger partial charge in [0.2, 0.25) is 5.78 Å². The highest BCUT2D eigenvalue weighted by Crippen LogP contribution is 2.57. The van der Waals surface area contributed by atoms with Crippen molar-refractivity contribution < 1.29 is 39.5 Å². The van der Waals surface area contributed by atoms with Gasteiger partial charge in [0, 0.05) is 17.1 Å². The van der Waals surface area contributed by atoms with E-state index in [4.69, 9.17) is 10.5 Å². The molecule has 6 atom stereocenters. The topological polar surface area (TPSA) is 171 Å². The molecule has 1 aromatic rings. The van der Waals surface area contributed by atoms with Gasteiger partial charge in [0.05, 0.1) is 30.2 Å². The van der Waals surface area contributed by atoms with Gasteiger partial charge in [0.25, 0.3) is 5.91 Å². The maximum absolute atomic E-state index is 14.1. The van der Waals surface area contributed by atoms with Gasteiger partial charge in [-0.05, 0) is 37.4 Å². The van der Waals surface area contributed by atoms with Gasteiger partial charge in [-0.15, -0.1) is 0 Å². The Morgan fingerprint density at radius 2 is 1.84 bits per heavy atom. The van der Waals surface area contributed by atoms with Crippen LogP contribution in [0.5, 0.6) is 5.75 Å². The Bertz CT molecular complexity index is 1330. The molecule has 0 aromatic heterocycles. The number of aliphatic hydroxyl groups excluding tert-OH is 3. The molecule has 4 aliphatic rings. The van der Waals surface area contributed by atoms with Crippen LogP contribution in [-0.4, -0.2) is 81.2 Å². The van der Waals surface area contributed by atoms with Crippen LogP contribution in [0, 0.1) is 11.8 Å². The fourth-order valence-corrected chi connectivity index (χ4v) is 6.83. The minimum absolute atomic E-state index is 0.257. The molecule has 3 aliphatic carbocycles. The summed E-state index contributed by atoms with van der Waals surface area (Å²) in [4.78, 5) is 40.8. The summed E-state index contributed by atoms with van der Waals surface area (Å²) in [5.74, 6) is -7.59. The van der Waals surface area contributed by atoms with E-state index in [1.54, 1.807) is 6.92 Å². The Hall–Kier alpha value is -3.21. The van der Waals surface area contributed by atoms with Gasteiger partial charge in [-0.3, -0.25) is 19.3 Å². The lowest BCUT2D eigenvalue weighted by Crippen LogP contribution is -2.70. The van der Waals surface area contributed by atoms with Crippen LogP contribution in [0.25, 0.3) is 5.76 Å². The zero-order chi connectivity index (χ0) is 27.4. The van der Waals surface area contributed by atoms with Crippen LogP contribution >= 0.6 is 0 Å². The average molecular weight is 513 g/mol. The summed E-state index contributed by atoms with van der Waals surface area (Å²) >= 11 is 0. The van der Waals surface area contributed by atoms with Gasteiger partial charge < -0.3 is 30.9 Å². The van der Waals surface area contributed by atoms with E-state index in [-0.39, 0.29) is 11.0 Å². The molecular formula is C27H32N2O8. The van der Waals surface area contributed by atoms with Gasteiger partial charge in [-0.25, -0.2) is 0 Å². The van der Waals surface area contributed by atoms with Crippen LogP contribution in [0.2, 0.25) is 0 Å². The molecule has 1 fully saturated rings. The number of nitrogens with zero attached hydrogens (tertiary/aromatic N) is 1. The minimum atomic E-state index is -2.86. The van der Waals surface area contributed by atoms with Crippen LogP contribution in [0.1, 0.15) is 49.8 Å². The zero-order valence-electron chi connectivity index (χ0n) is 21.4. The SMILES string of the molecule is C[C@@H]1c2ccc3c(c2C(O)=C2C(=O)[C@]4(O)C(O)=C(C(N)=O)C(=O)[C@@H](N(C)C)[C@H]4[C@H](O)[C@H]21)OCCC3(C)C.